The first-order valence-corrected chi connectivity index (χ1v) is 10.6. The van der Waals surface area contributed by atoms with Crippen LogP contribution in [0, 0.1) is 0 Å². The van der Waals surface area contributed by atoms with Gasteiger partial charge in [0.15, 0.2) is 5.65 Å². The number of anilines is 1. The van der Waals surface area contributed by atoms with Gasteiger partial charge in [0.25, 0.3) is 0 Å². The van der Waals surface area contributed by atoms with Gasteiger partial charge in [0.05, 0.1) is 18.1 Å². The van der Waals surface area contributed by atoms with E-state index in [0.29, 0.717) is 6.54 Å². The van der Waals surface area contributed by atoms with Crippen LogP contribution in [0.3, 0.4) is 0 Å². The topological polar surface area (TPSA) is 86.8 Å². The molecule has 28 heavy (non-hydrogen) atoms. The highest BCUT2D eigenvalue weighted by Gasteiger charge is 2.10. The van der Waals surface area contributed by atoms with E-state index >= 15 is 0 Å². The van der Waals surface area contributed by atoms with Crippen molar-refractivity contribution in [3.05, 3.63) is 42.4 Å². The van der Waals surface area contributed by atoms with E-state index in [1.807, 2.05) is 18.2 Å². The fourth-order valence-corrected chi connectivity index (χ4v) is 3.96. The third-order valence-electron chi connectivity index (χ3n) is 4.24. The summed E-state index contributed by atoms with van der Waals surface area (Å²) in [5, 5.41) is 11.7. The van der Waals surface area contributed by atoms with Crippen LogP contribution in [-0.4, -0.2) is 50.6 Å². The molecule has 2 N–H and O–H groups in total. The Balaban J connectivity index is 1.59. The summed E-state index contributed by atoms with van der Waals surface area (Å²) in [6, 6.07) is 7.96. The van der Waals surface area contributed by atoms with Crippen LogP contribution < -0.4 is 5.32 Å². The number of H-pyrrole nitrogens is 1. The number of hydrogen-bond acceptors (Lipinski definition) is 6. The number of rotatable bonds is 10. The predicted octanol–water partition coefficient (Wildman–Crippen LogP) is 3.71. The second kappa shape index (κ2) is 10.2. The van der Waals surface area contributed by atoms with E-state index in [2.05, 4.69) is 50.3 Å². The number of nitrogens with zero attached hydrogens (tertiary/aromatic N) is 4. The summed E-state index contributed by atoms with van der Waals surface area (Å²) in [5.41, 5.74) is 2.69. The van der Waals surface area contributed by atoms with E-state index in [4.69, 9.17) is 0 Å². The highest BCUT2D eigenvalue weighted by Crippen LogP contribution is 2.27. The molecular formula is C20H26N6OS. The van der Waals surface area contributed by atoms with Crippen LogP contribution in [0.5, 0.6) is 0 Å². The molecule has 0 aliphatic carbocycles. The predicted molar refractivity (Wildman–Crippen MR) is 113 cm³/mol. The van der Waals surface area contributed by atoms with Crippen molar-refractivity contribution in [2.24, 2.45) is 0 Å². The van der Waals surface area contributed by atoms with Crippen molar-refractivity contribution >= 4 is 34.4 Å². The lowest BCUT2D eigenvalue weighted by molar-refractivity contribution is -0.117. The molecule has 1 aromatic carbocycles. The van der Waals surface area contributed by atoms with Crippen LogP contribution in [0.1, 0.15) is 32.3 Å². The Morgan fingerprint density at radius 1 is 1.21 bits per heavy atom. The van der Waals surface area contributed by atoms with Crippen LogP contribution in [-0.2, 0) is 10.5 Å². The minimum Gasteiger partial charge on any atom is -0.325 e. The number of carbonyl (C=O) groups is 1. The quantitative estimate of drug-likeness (QED) is 0.400. The third-order valence-corrected chi connectivity index (χ3v) is 5.32. The molecule has 7 nitrogen and oxygen atoms in total. The van der Waals surface area contributed by atoms with Gasteiger partial charge in [0.2, 0.25) is 5.91 Å². The van der Waals surface area contributed by atoms with Crippen molar-refractivity contribution in [1.29, 1.82) is 0 Å². The van der Waals surface area contributed by atoms with Gasteiger partial charge in [0.1, 0.15) is 11.4 Å². The molecule has 0 aliphatic rings. The molecule has 1 amide bonds. The van der Waals surface area contributed by atoms with Crippen molar-refractivity contribution in [2.75, 3.05) is 25.0 Å². The monoisotopic (exact) mass is 398 g/mol. The zero-order chi connectivity index (χ0) is 19.8. The van der Waals surface area contributed by atoms with Crippen molar-refractivity contribution in [3.8, 4) is 0 Å². The maximum absolute atomic E-state index is 12.4. The Kier molecular flexibility index (Phi) is 7.39. The standard InChI is InChI=1S/C20H26N6OS/c1-3-8-26(9-4-2)12-18(27)24-16-7-5-6-15(10-16)13-28-20-17-11-23-25-19(17)21-14-22-20/h5-7,10-11,14H,3-4,8-9,12-13H2,1-2H3,(H,24,27)(H,21,22,23,25). The molecule has 0 saturated heterocycles. The molecule has 2 heterocycles. The second-order valence-electron chi connectivity index (χ2n) is 6.62. The number of carbonyl (C=O) groups excluding carboxylic acids is 1. The van der Waals surface area contributed by atoms with E-state index in [0.717, 1.165) is 59.0 Å². The summed E-state index contributed by atoms with van der Waals surface area (Å²) >= 11 is 1.63. The van der Waals surface area contributed by atoms with Gasteiger partial charge in [-0.15, -0.1) is 11.8 Å². The highest BCUT2D eigenvalue weighted by molar-refractivity contribution is 7.98. The summed E-state index contributed by atoms with van der Waals surface area (Å²) in [4.78, 5) is 23.1. The summed E-state index contributed by atoms with van der Waals surface area (Å²) in [6.45, 7) is 6.59. The van der Waals surface area contributed by atoms with Gasteiger partial charge in [-0.05, 0) is 43.6 Å². The Morgan fingerprint density at radius 3 is 2.82 bits per heavy atom. The first kappa shape index (κ1) is 20.3. The van der Waals surface area contributed by atoms with Gasteiger partial charge in [-0.2, -0.15) is 5.10 Å². The van der Waals surface area contributed by atoms with E-state index in [-0.39, 0.29) is 5.91 Å². The van der Waals surface area contributed by atoms with E-state index < -0.39 is 0 Å². The first-order valence-electron chi connectivity index (χ1n) is 9.57. The average molecular weight is 399 g/mol. The first-order chi connectivity index (χ1) is 13.7. The second-order valence-corrected chi connectivity index (χ2v) is 7.59. The van der Waals surface area contributed by atoms with E-state index in [9.17, 15) is 4.79 Å². The summed E-state index contributed by atoms with van der Waals surface area (Å²) < 4.78 is 0. The maximum atomic E-state index is 12.4. The highest BCUT2D eigenvalue weighted by atomic mass is 32.2. The van der Waals surface area contributed by atoms with Gasteiger partial charge in [-0.1, -0.05) is 26.0 Å². The molecule has 0 radical (unpaired) electrons. The Hall–Kier alpha value is -2.45. The number of nitrogens with one attached hydrogen (secondary N) is 2. The zero-order valence-electron chi connectivity index (χ0n) is 16.3. The summed E-state index contributed by atoms with van der Waals surface area (Å²) in [7, 11) is 0. The fraction of sp³-hybridized carbons (Fsp3) is 0.400. The number of benzene rings is 1. The molecule has 3 aromatic rings. The van der Waals surface area contributed by atoms with Gasteiger partial charge >= 0.3 is 0 Å². The summed E-state index contributed by atoms with van der Waals surface area (Å²) in [6.07, 6.45) is 5.38. The smallest absolute Gasteiger partial charge is 0.238 e. The van der Waals surface area contributed by atoms with Gasteiger partial charge < -0.3 is 5.32 Å². The largest absolute Gasteiger partial charge is 0.325 e. The van der Waals surface area contributed by atoms with Crippen LogP contribution in [0.25, 0.3) is 11.0 Å². The lowest BCUT2D eigenvalue weighted by atomic mass is 10.2. The Labute approximate surface area is 169 Å². The lowest BCUT2D eigenvalue weighted by Crippen LogP contribution is -2.34. The zero-order valence-corrected chi connectivity index (χ0v) is 17.1. The van der Waals surface area contributed by atoms with Crippen molar-refractivity contribution in [2.45, 2.75) is 37.5 Å². The van der Waals surface area contributed by atoms with Crippen LogP contribution in [0.4, 0.5) is 5.69 Å². The molecule has 2 aromatic heterocycles. The number of hydrogen-bond donors (Lipinski definition) is 2. The molecule has 3 rings (SSSR count). The number of aromatic amines is 1. The molecule has 0 spiro atoms. The van der Waals surface area contributed by atoms with Gasteiger partial charge in [-0.3, -0.25) is 14.8 Å². The maximum Gasteiger partial charge on any atom is 0.238 e. The third kappa shape index (κ3) is 5.53. The number of thioether (sulfide) groups is 1. The molecule has 0 fully saturated rings. The molecule has 0 unspecified atom stereocenters. The van der Waals surface area contributed by atoms with Crippen molar-refractivity contribution in [3.63, 3.8) is 0 Å². The minimum atomic E-state index is 0.0302. The average Bonchev–Trinajstić information content (AvgIpc) is 3.16. The number of amides is 1. The SMILES string of the molecule is CCCN(CCC)CC(=O)Nc1cccc(CSc2ncnc3[nH]ncc23)c1. The van der Waals surface area contributed by atoms with Crippen LogP contribution in [0.15, 0.2) is 41.8 Å². The lowest BCUT2D eigenvalue weighted by Gasteiger charge is -2.20. The molecule has 8 heteroatoms. The normalized spacial score (nSPS) is 11.2. The Bertz CT molecular complexity index is 906. The van der Waals surface area contributed by atoms with E-state index in [1.165, 1.54) is 6.33 Å². The van der Waals surface area contributed by atoms with Crippen molar-refractivity contribution in [1.82, 2.24) is 25.1 Å². The van der Waals surface area contributed by atoms with E-state index in [1.54, 1.807) is 18.0 Å². The molecule has 0 atom stereocenters. The van der Waals surface area contributed by atoms with Gasteiger partial charge in [-0.25, -0.2) is 9.97 Å². The fourth-order valence-electron chi connectivity index (χ4n) is 3.05. The van der Waals surface area contributed by atoms with Crippen molar-refractivity contribution < 1.29 is 4.79 Å². The number of aromatic nitrogens is 4. The molecule has 0 saturated carbocycles. The molecular weight excluding hydrogens is 372 g/mol. The Morgan fingerprint density at radius 2 is 2.04 bits per heavy atom. The molecule has 0 aliphatic heterocycles. The molecule has 148 valence electrons. The number of fused-ring (bicyclic) bond motifs is 1. The van der Waals surface area contributed by atoms with Crippen LogP contribution in [0.2, 0.25) is 0 Å². The minimum absolute atomic E-state index is 0.0302. The molecule has 0 bridgehead atoms. The van der Waals surface area contributed by atoms with Gasteiger partial charge in [0, 0.05) is 11.4 Å². The van der Waals surface area contributed by atoms with Crippen LogP contribution >= 0.6 is 11.8 Å². The summed E-state index contributed by atoms with van der Waals surface area (Å²) in [5.74, 6) is 0.779.